The van der Waals surface area contributed by atoms with Gasteiger partial charge in [-0.1, -0.05) is 63.5 Å². The van der Waals surface area contributed by atoms with E-state index in [1.165, 1.54) is 25.0 Å². The Kier molecular flexibility index (Phi) is 8.40. The predicted octanol–water partition coefficient (Wildman–Crippen LogP) is 9.55. The van der Waals surface area contributed by atoms with Crippen LogP contribution in [0.25, 0.3) is 10.9 Å². The number of ether oxygens (including phenoxy) is 3. The number of hydrogen-bond donors (Lipinski definition) is 1. The van der Waals surface area contributed by atoms with Crippen LogP contribution in [0.3, 0.4) is 0 Å². The summed E-state index contributed by atoms with van der Waals surface area (Å²) in [5.41, 5.74) is 6.67. The van der Waals surface area contributed by atoms with Crippen LogP contribution in [0.1, 0.15) is 127 Å². The molecular formula is C45H53NO6. The van der Waals surface area contributed by atoms with Crippen LogP contribution in [0.15, 0.2) is 42.1 Å². The van der Waals surface area contributed by atoms with Crippen molar-refractivity contribution in [3.63, 3.8) is 0 Å². The number of terminal acetylenes is 1. The number of fused-ring (bicyclic) bond motifs is 8. The minimum atomic E-state index is -0.593. The van der Waals surface area contributed by atoms with Crippen LogP contribution in [0, 0.1) is 53.8 Å². The van der Waals surface area contributed by atoms with Gasteiger partial charge in [0.25, 0.3) is 0 Å². The van der Waals surface area contributed by atoms with Gasteiger partial charge in [-0.25, -0.2) is 0 Å². The Morgan fingerprint density at radius 1 is 0.942 bits per heavy atom. The van der Waals surface area contributed by atoms with E-state index in [2.05, 4.69) is 82.9 Å². The highest BCUT2D eigenvalue weighted by Gasteiger charge is 2.67. The zero-order chi connectivity index (χ0) is 37.6. The summed E-state index contributed by atoms with van der Waals surface area (Å²) in [7, 11) is 0. The highest BCUT2D eigenvalue weighted by Crippen LogP contribution is 2.75. The van der Waals surface area contributed by atoms with Crippen LogP contribution in [0.4, 0.5) is 0 Å². The predicted molar refractivity (Wildman–Crippen MR) is 202 cm³/mol. The third kappa shape index (κ3) is 5.11. The zero-order valence-electron chi connectivity index (χ0n) is 32.3. The first-order valence-corrected chi connectivity index (χ1v) is 18.9. The van der Waals surface area contributed by atoms with Gasteiger partial charge in [-0.05, 0) is 116 Å². The number of hydrogen-bond acceptors (Lipinski definition) is 6. The Morgan fingerprint density at radius 2 is 1.65 bits per heavy atom. The monoisotopic (exact) mass is 703 g/mol. The molecule has 0 bridgehead atoms. The number of rotatable bonds is 5. The van der Waals surface area contributed by atoms with Gasteiger partial charge in [0.05, 0.1) is 5.41 Å². The molecule has 274 valence electrons. The summed E-state index contributed by atoms with van der Waals surface area (Å²) >= 11 is 0. The van der Waals surface area contributed by atoms with E-state index in [4.69, 9.17) is 20.6 Å². The number of para-hydroxylation sites is 1. The molecule has 7 atom stereocenters. The molecule has 0 unspecified atom stereocenters. The van der Waals surface area contributed by atoms with Crippen LogP contribution in [0.5, 0.6) is 11.5 Å². The average molecular weight is 704 g/mol. The van der Waals surface area contributed by atoms with Crippen LogP contribution in [0.2, 0.25) is 0 Å². The first kappa shape index (κ1) is 36.1. The van der Waals surface area contributed by atoms with Crippen molar-refractivity contribution in [3.05, 3.63) is 69.9 Å². The molecule has 7 heteroatoms. The number of nitrogens with one attached hydrogen (secondary N) is 1. The van der Waals surface area contributed by atoms with Crippen molar-refractivity contribution < 1.29 is 28.6 Å². The summed E-state index contributed by atoms with van der Waals surface area (Å²) in [4.78, 5) is 42.1. The molecule has 2 aromatic carbocycles. The second kappa shape index (κ2) is 12.1. The number of benzene rings is 2. The molecule has 4 aliphatic rings. The first-order valence-electron chi connectivity index (χ1n) is 18.9. The smallest absolute Gasteiger partial charge is 0.312 e. The molecule has 1 aromatic heterocycles. The lowest BCUT2D eigenvalue weighted by atomic mass is 9.34. The fourth-order valence-corrected chi connectivity index (χ4v) is 11.5. The first-order chi connectivity index (χ1) is 24.4. The van der Waals surface area contributed by atoms with E-state index >= 15 is 0 Å². The van der Waals surface area contributed by atoms with E-state index in [-0.39, 0.29) is 45.9 Å². The Bertz CT molecular complexity index is 2100. The summed E-state index contributed by atoms with van der Waals surface area (Å²) < 4.78 is 17.3. The van der Waals surface area contributed by atoms with Crippen molar-refractivity contribution in [1.82, 2.24) is 4.98 Å². The number of aromatic amines is 1. The molecule has 0 saturated heterocycles. The van der Waals surface area contributed by atoms with Crippen LogP contribution in [-0.4, -0.2) is 29.5 Å². The van der Waals surface area contributed by atoms with Crippen molar-refractivity contribution in [3.8, 4) is 23.8 Å². The average Bonchev–Trinajstić information content (AvgIpc) is 3.52. The second-order valence-electron chi connectivity index (χ2n) is 17.6. The van der Waals surface area contributed by atoms with Gasteiger partial charge in [0.1, 0.15) is 0 Å². The number of carbonyl (C=O) groups excluding carboxylic acids is 3. The molecule has 1 N–H and O–H groups in total. The fourth-order valence-electron chi connectivity index (χ4n) is 11.5. The van der Waals surface area contributed by atoms with E-state index in [1.807, 2.05) is 13.0 Å². The molecule has 0 radical (unpaired) electrons. The van der Waals surface area contributed by atoms with Crippen molar-refractivity contribution in [2.45, 2.75) is 119 Å². The van der Waals surface area contributed by atoms with Gasteiger partial charge in [0, 0.05) is 47.8 Å². The lowest BCUT2D eigenvalue weighted by Crippen LogP contribution is -2.62. The molecule has 52 heavy (non-hydrogen) atoms. The Morgan fingerprint density at radius 3 is 2.35 bits per heavy atom. The van der Waals surface area contributed by atoms with Crippen LogP contribution in [-0.2, 0) is 24.5 Å². The van der Waals surface area contributed by atoms with E-state index in [9.17, 15) is 14.4 Å². The number of esters is 3. The maximum atomic E-state index is 13.6. The quantitative estimate of drug-likeness (QED) is 0.123. The molecule has 1 heterocycles. The van der Waals surface area contributed by atoms with Crippen LogP contribution < -0.4 is 9.47 Å². The maximum Gasteiger partial charge on any atom is 0.312 e. The molecule has 7 rings (SSSR count). The molecular weight excluding hydrogens is 650 g/mol. The van der Waals surface area contributed by atoms with Crippen molar-refractivity contribution in [2.75, 3.05) is 6.61 Å². The number of aromatic nitrogens is 1. The van der Waals surface area contributed by atoms with Crippen molar-refractivity contribution >= 4 is 28.8 Å². The second-order valence-corrected chi connectivity index (χ2v) is 17.6. The molecule has 0 spiro atoms. The topological polar surface area (TPSA) is 94.7 Å². The molecule has 3 fully saturated rings. The van der Waals surface area contributed by atoms with Crippen LogP contribution >= 0.6 is 0 Å². The highest BCUT2D eigenvalue weighted by atomic mass is 16.6. The van der Waals surface area contributed by atoms with Gasteiger partial charge in [-0.2, -0.15) is 0 Å². The fraction of sp³-hybridized carbons (Fsp3) is 0.533. The molecule has 0 amide bonds. The minimum Gasteiger partial charge on any atom is -0.452 e. The molecule has 4 aliphatic carbocycles. The number of allylic oxidation sites excluding steroid dienone is 2. The van der Waals surface area contributed by atoms with Gasteiger partial charge < -0.3 is 19.2 Å². The molecule has 0 aliphatic heterocycles. The van der Waals surface area contributed by atoms with Gasteiger partial charge >= 0.3 is 17.9 Å². The number of H-pyrrole nitrogens is 1. The SMILES string of the molecule is C#CCOC(=O)[C@]1(C)CC[C@]2(C)CC[C@]3(C)C4=C[C@@H](c5c[nH]c6c(C)cccc56)c5c(cc(OC(C)=O)c(OC(C)=O)c5C)[C@]4(C)CC[C@@]3(C)[C@@H]2C1. The van der Waals surface area contributed by atoms with E-state index in [0.717, 1.165) is 78.1 Å². The summed E-state index contributed by atoms with van der Waals surface area (Å²) in [5, 5.41) is 1.15. The molecule has 3 aromatic rings. The van der Waals surface area contributed by atoms with Crippen molar-refractivity contribution in [1.29, 1.82) is 0 Å². The Labute approximate surface area is 308 Å². The number of aryl methyl sites for hydroxylation is 1. The van der Waals surface area contributed by atoms with E-state index in [1.54, 1.807) is 0 Å². The summed E-state index contributed by atoms with van der Waals surface area (Å²) in [6, 6.07) is 8.39. The number of carbonyl (C=O) groups is 3. The molecule has 3 saturated carbocycles. The maximum absolute atomic E-state index is 13.6. The van der Waals surface area contributed by atoms with Gasteiger partial charge in [-0.15, -0.1) is 6.42 Å². The van der Waals surface area contributed by atoms with Gasteiger partial charge in [-0.3, -0.25) is 14.4 Å². The van der Waals surface area contributed by atoms with Crippen molar-refractivity contribution in [2.24, 2.45) is 27.6 Å². The minimum absolute atomic E-state index is 0.00133. The summed E-state index contributed by atoms with van der Waals surface area (Å²) in [6.07, 6.45) is 16.7. The van der Waals surface area contributed by atoms with Gasteiger partial charge in [0.2, 0.25) is 0 Å². The highest BCUT2D eigenvalue weighted by molar-refractivity contribution is 5.88. The third-order valence-electron chi connectivity index (χ3n) is 14.6. The lowest BCUT2D eigenvalue weighted by Gasteiger charge is -2.70. The standard InChI is InChI=1S/C45H53NO6/c1-11-21-50-40(49)42(7)16-15-41(6)17-19-44(9)35-22-31(32-25-46-38-26(2)13-12-14-30(32)38)37-27(3)39(52-29(5)48)34(51-28(4)47)23-33(37)43(35,8)18-20-45(44,10)36(41)24-42/h1,12-14,22-23,25,31,36,46H,15-21,24H2,2-10H3/t31-,36+,41+,42+,43-,44+,45-/m0/s1. The molecule has 7 nitrogen and oxygen atoms in total. The summed E-state index contributed by atoms with van der Waals surface area (Å²) in [5.74, 6) is 2.07. The zero-order valence-corrected chi connectivity index (χ0v) is 32.3. The third-order valence-corrected chi connectivity index (χ3v) is 14.6. The Balaban J connectivity index is 1.45. The lowest BCUT2D eigenvalue weighted by molar-refractivity contribution is -0.180. The van der Waals surface area contributed by atoms with E-state index < -0.39 is 17.4 Å². The van der Waals surface area contributed by atoms with E-state index in [0.29, 0.717) is 11.7 Å². The normalized spacial score (nSPS) is 33.3. The van der Waals surface area contributed by atoms with Gasteiger partial charge in [0.15, 0.2) is 18.1 Å². The largest absolute Gasteiger partial charge is 0.452 e. The summed E-state index contributed by atoms with van der Waals surface area (Å²) in [6.45, 7) is 18.7. The Hall–Kier alpha value is -4.31.